The van der Waals surface area contributed by atoms with E-state index in [9.17, 15) is 0 Å². The molecule has 0 aliphatic heterocycles. The fourth-order valence-corrected chi connectivity index (χ4v) is 3.09. The maximum absolute atomic E-state index is 2.30. The summed E-state index contributed by atoms with van der Waals surface area (Å²) in [6, 6.07) is 24.4. The van der Waals surface area contributed by atoms with Gasteiger partial charge in [0.05, 0.1) is 0 Å². The third-order valence-electron chi connectivity index (χ3n) is 4.36. The van der Waals surface area contributed by atoms with Crippen molar-refractivity contribution in [2.24, 2.45) is 0 Å². The average Bonchev–Trinajstić information content (AvgIpc) is 2.54. The molecule has 0 bridgehead atoms. The Bertz CT molecular complexity index is 717. The summed E-state index contributed by atoms with van der Waals surface area (Å²) in [5.41, 5.74) is 4.24. The third-order valence-corrected chi connectivity index (χ3v) is 4.36. The first kappa shape index (κ1) is 13.9. The summed E-state index contributed by atoms with van der Waals surface area (Å²) in [6.07, 6.45) is 2.28. The van der Waals surface area contributed by atoms with Gasteiger partial charge in [-0.3, -0.25) is 0 Å². The zero-order valence-corrected chi connectivity index (χ0v) is 12.8. The van der Waals surface area contributed by atoms with E-state index in [1.165, 1.54) is 33.9 Å². The molecule has 1 atom stereocenters. The van der Waals surface area contributed by atoms with Crippen molar-refractivity contribution in [1.82, 2.24) is 0 Å². The number of fused-ring (bicyclic) bond motifs is 1. The van der Waals surface area contributed by atoms with Crippen LogP contribution in [0.2, 0.25) is 0 Å². The molecule has 3 aromatic carbocycles. The van der Waals surface area contributed by atoms with E-state index in [4.69, 9.17) is 0 Å². The van der Waals surface area contributed by atoms with Crippen molar-refractivity contribution < 1.29 is 0 Å². The van der Waals surface area contributed by atoms with Crippen molar-refractivity contribution >= 4 is 10.8 Å². The summed E-state index contributed by atoms with van der Waals surface area (Å²) < 4.78 is 0. The Labute approximate surface area is 127 Å². The lowest BCUT2D eigenvalue weighted by atomic mass is 9.86. The lowest BCUT2D eigenvalue weighted by molar-refractivity contribution is 0.665. The predicted octanol–water partition coefficient (Wildman–Crippen LogP) is 5.88. The molecular formula is C21H22. The second-order valence-corrected chi connectivity index (χ2v) is 5.86. The van der Waals surface area contributed by atoms with Gasteiger partial charge in [0.25, 0.3) is 0 Å². The van der Waals surface area contributed by atoms with E-state index >= 15 is 0 Å². The molecule has 0 aliphatic carbocycles. The van der Waals surface area contributed by atoms with E-state index < -0.39 is 0 Å². The Morgan fingerprint density at radius 3 is 2.29 bits per heavy atom. The molecule has 0 nitrogen and oxygen atoms in total. The number of rotatable bonds is 4. The topological polar surface area (TPSA) is 0 Å². The number of hydrogen-bond donors (Lipinski definition) is 0. The van der Waals surface area contributed by atoms with Gasteiger partial charge in [-0.2, -0.15) is 0 Å². The largest absolute Gasteiger partial charge is 0.0648 e. The molecule has 3 rings (SSSR count). The van der Waals surface area contributed by atoms with Crippen LogP contribution in [0.1, 0.15) is 36.0 Å². The maximum Gasteiger partial charge on any atom is -0.0118 e. The maximum atomic E-state index is 2.30. The second kappa shape index (κ2) is 6.13. The molecule has 0 fully saturated rings. The molecule has 0 spiro atoms. The van der Waals surface area contributed by atoms with Crippen LogP contribution in [0.15, 0.2) is 66.7 Å². The minimum atomic E-state index is 0.582. The number of hydrogen-bond acceptors (Lipinski definition) is 0. The van der Waals surface area contributed by atoms with Crippen LogP contribution in [0.25, 0.3) is 10.8 Å². The lowest BCUT2D eigenvalue weighted by Gasteiger charge is -2.18. The van der Waals surface area contributed by atoms with Crippen LogP contribution in [0.5, 0.6) is 0 Å². The van der Waals surface area contributed by atoms with Gasteiger partial charge >= 0.3 is 0 Å². The van der Waals surface area contributed by atoms with Gasteiger partial charge in [-0.05, 0) is 47.6 Å². The van der Waals surface area contributed by atoms with Crippen molar-refractivity contribution in [2.75, 3.05) is 0 Å². The van der Waals surface area contributed by atoms with Gasteiger partial charge in [0, 0.05) is 0 Å². The highest BCUT2D eigenvalue weighted by atomic mass is 14.2. The van der Waals surface area contributed by atoms with Crippen molar-refractivity contribution in [3.63, 3.8) is 0 Å². The van der Waals surface area contributed by atoms with Crippen LogP contribution in [-0.2, 0) is 6.42 Å². The molecule has 0 heterocycles. The lowest BCUT2D eigenvalue weighted by Crippen LogP contribution is -2.02. The second-order valence-electron chi connectivity index (χ2n) is 5.86. The average molecular weight is 274 g/mol. The normalized spacial score (nSPS) is 12.5. The fourth-order valence-electron chi connectivity index (χ4n) is 3.09. The van der Waals surface area contributed by atoms with Crippen molar-refractivity contribution in [1.29, 1.82) is 0 Å². The highest BCUT2D eigenvalue weighted by Gasteiger charge is 2.13. The van der Waals surface area contributed by atoms with Gasteiger partial charge in [0.1, 0.15) is 0 Å². The monoisotopic (exact) mass is 274 g/mol. The third kappa shape index (κ3) is 3.00. The zero-order valence-electron chi connectivity index (χ0n) is 12.8. The van der Waals surface area contributed by atoms with E-state index in [0.717, 1.165) is 6.42 Å². The first-order chi connectivity index (χ1) is 10.3. The smallest absolute Gasteiger partial charge is 0.0118 e. The molecule has 1 unspecified atom stereocenters. The highest BCUT2D eigenvalue weighted by Crippen LogP contribution is 2.30. The van der Waals surface area contributed by atoms with Crippen LogP contribution in [-0.4, -0.2) is 0 Å². The van der Waals surface area contributed by atoms with E-state index in [1.807, 2.05) is 0 Å². The molecule has 0 saturated heterocycles. The Morgan fingerprint density at radius 1 is 0.810 bits per heavy atom. The Kier molecular flexibility index (Phi) is 4.06. The van der Waals surface area contributed by atoms with E-state index in [2.05, 4.69) is 80.6 Å². The van der Waals surface area contributed by atoms with E-state index in [-0.39, 0.29) is 0 Å². The summed E-state index contributed by atoms with van der Waals surface area (Å²) in [5.74, 6) is 0.582. The fraction of sp³-hybridized carbons (Fsp3) is 0.238. The number of benzene rings is 3. The van der Waals surface area contributed by atoms with Crippen LogP contribution in [0.3, 0.4) is 0 Å². The first-order valence-corrected chi connectivity index (χ1v) is 7.81. The van der Waals surface area contributed by atoms with Gasteiger partial charge in [0.2, 0.25) is 0 Å². The molecule has 0 radical (unpaired) electrons. The van der Waals surface area contributed by atoms with Gasteiger partial charge in [0.15, 0.2) is 0 Å². The molecule has 0 N–H and O–H groups in total. The molecule has 0 amide bonds. The van der Waals surface area contributed by atoms with Crippen molar-refractivity contribution in [3.8, 4) is 0 Å². The molecule has 3 aromatic rings. The summed E-state index contributed by atoms with van der Waals surface area (Å²) >= 11 is 0. The SMILES string of the molecule is CCC(Cc1ccc(C)cc1)c1cccc2ccccc12. The van der Waals surface area contributed by atoms with Gasteiger partial charge in [-0.15, -0.1) is 0 Å². The van der Waals surface area contributed by atoms with Crippen molar-refractivity contribution in [2.45, 2.75) is 32.6 Å². The molecule has 0 saturated carbocycles. The molecule has 0 aromatic heterocycles. The van der Waals surface area contributed by atoms with Crippen LogP contribution in [0.4, 0.5) is 0 Å². The van der Waals surface area contributed by atoms with Gasteiger partial charge in [-0.1, -0.05) is 79.2 Å². The Morgan fingerprint density at radius 2 is 1.52 bits per heavy atom. The Hall–Kier alpha value is -2.08. The summed E-state index contributed by atoms with van der Waals surface area (Å²) in [7, 11) is 0. The van der Waals surface area contributed by atoms with E-state index in [0.29, 0.717) is 5.92 Å². The molecule has 21 heavy (non-hydrogen) atoms. The summed E-state index contributed by atoms with van der Waals surface area (Å²) in [6.45, 7) is 4.44. The molecule has 106 valence electrons. The van der Waals surface area contributed by atoms with Crippen molar-refractivity contribution in [3.05, 3.63) is 83.4 Å². The zero-order chi connectivity index (χ0) is 14.7. The van der Waals surface area contributed by atoms with Gasteiger partial charge < -0.3 is 0 Å². The predicted molar refractivity (Wildman–Crippen MR) is 91.9 cm³/mol. The van der Waals surface area contributed by atoms with Crippen LogP contribution < -0.4 is 0 Å². The quantitative estimate of drug-likeness (QED) is 0.557. The molecule has 0 aliphatic rings. The highest BCUT2D eigenvalue weighted by molar-refractivity contribution is 5.86. The molecular weight excluding hydrogens is 252 g/mol. The van der Waals surface area contributed by atoms with E-state index in [1.54, 1.807) is 0 Å². The Balaban J connectivity index is 1.96. The minimum Gasteiger partial charge on any atom is -0.0648 e. The van der Waals surface area contributed by atoms with Gasteiger partial charge in [-0.25, -0.2) is 0 Å². The number of aryl methyl sites for hydroxylation is 1. The molecule has 0 heteroatoms. The van der Waals surface area contributed by atoms with Crippen LogP contribution >= 0.6 is 0 Å². The minimum absolute atomic E-state index is 0.582. The summed E-state index contributed by atoms with van der Waals surface area (Å²) in [4.78, 5) is 0. The first-order valence-electron chi connectivity index (χ1n) is 7.81. The van der Waals surface area contributed by atoms with Crippen LogP contribution in [0, 0.1) is 6.92 Å². The summed E-state index contributed by atoms with van der Waals surface area (Å²) in [5, 5.41) is 2.75. The standard InChI is InChI=1S/C21H22/c1-3-18(15-17-13-11-16(2)12-14-17)20-10-6-8-19-7-4-5-9-21(19)20/h4-14,18H,3,15H2,1-2H3.